The minimum atomic E-state index is -0.133. The van der Waals surface area contributed by atoms with E-state index in [0.29, 0.717) is 5.92 Å². The molecule has 160 valence electrons. The summed E-state index contributed by atoms with van der Waals surface area (Å²) in [6.45, 7) is 4.71. The Kier molecular flexibility index (Phi) is 6.98. The maximum absolute atomic E-state index is 12.5. The summed E-state index contributed by atoms with van der Waals surface area (Å²) in [5, 5.41) is 0. The molecule has 0 spiro atoms. The Hall–Kier alpha value is -1.31. The van der Waals surface area contributed by atoms with Crippen LogP contribution in [0.4, 0.5) is 0 Å². The predicted octanol–water partition coefficient (Wildman–Crippen LogP) is 7.52. The zero-order chi connectivity index (χ0) is 20.2. The van der Waals surface area contributed by atoms with E-state index in [9.17, 15) is 4.79 Å². The van der Waals surface area contributed by atoms with E-state index in [-0.39, 0.29) is 12.1 Å². The van der Waals surface area contributed by atoms with Crippen molar-refractivity contribution in [2.24, 2.45) is 23.7 Å². The number of esters is 1. The molecule has 3 aliphatic rings. The summed E-state index contributed by atoms with van der Waals surface area (Å²) in [4.78, 5) is 12.5. The third kappa shape index (κ3) is 5.44. The highest BCUT2D eigenvalue weighted by Crippen LogP contribution is 2.43. The van der Waals surface area contributed by atoms with Crippen molar-refractivity contribution in [3.8, 4) is 0 Å². The molecule has 0 bridgehead atoms. The number of rotatable bonds is 4. The quantitative estimate of drug-likeness (QED) is 0.492. The van der Waals surface area contributed by atoms with Gasteiger partial charge >= 0.3 is 5.97 Å². The lowest BCUT2D eigenvalue weighted by molar-refractivity contribution is 0.0174. The number of carbonyl (C=O) groups is 1. The monoisotopic (exact) mass is 396 g/mol. The van der Waals surface area contributed by atoms with Crippen LogP contribution < -0.4 is 0 Å². The SMILES string of the molecule is CC1CCC(OC(=O)c2ccc(C3CCC(C4CCC(C)CC4)CC3)cc2)CC1. The summed E-state index contributed by atoms with van der Waals surface area (Å²) >= 11 is 0. The van der Waals surface area contributed by atoms with E-state index in [1.165, 1.54) is 69.8 Å². The fraction of sp³-hybridized carbons (Fsp3) is 0.741. The molecule has 3 fully saturated rings. The Morgan fingerprint density at radius 2 is 1.17 bits per heavy atom. The normalized spacial score (nSPS) is 35.8. The second kappa shape index (κ2) is 9.67. The Morgan fingerprint density at radius 3 is 1.72 bits per heavy atom. The molecule has 3 aliphatic carbocycles. The fourth-order valence-corrected chi connectivity index (χ4v) is 6.14. The lowest BCUT2D eigenvalue weighted by Gasteiger charge is -2.37. The van der Waals surface area contributed by atoms with Gasteiger partial charge in [0.1, 0.15) is 6.10 Å². The molecule has 1 aromatic carbocycles. The van der Waals surface area contributed by atoms with E-state index in [1.54, 1.807) is 0 Å². The summed E-state index contributed by atoms with van der Waals surface area (Å²) in [6, 6.07) is 8.37. The van der Waals surface area contributed by atoms with Gasteiger partial charge in [0, 0.05) is 0 Å². The zero-order valence-electron chi connectivity index (χ0n) is 18.6. The summed E-state index contributed by atoms with van der Waals surface area (Å²) in [5.74, 6) is 4.23. The van der Waals surface area contributed by atoms with Crippen molar-refractivity contribution < 1.29 is 9.53 Å². The minimum absolute atomic E-state index is 0.122. The van der Waals surface area contributed by atoms with Gasteiger partial charge < -0.3 is 4.74 Å². The number of hydrogen-bond acceptors (Lipinski definition) is 2. The second-order valence-electron chi connectivity index (χ2n) is 10.5. The molecule has 0 unspecified atom stereocenters. The summed E-state index contributed by atoms with van der Waals surface area (Å²) in [5.41, 5.74) is 2.14. The molecule has 2 heteroatoms. The highest BCUT2D eigenvalue weighted by atomic mass is 16.5. The molecule has 1 aromatic rings. The van der Waals surface area contributed by atoms with Crippen LogP contribution in [0.1, 0.15) is 113 Å². The van der Waals surface area contributed by atoms with Crippen LogP contribution in [0.3, 0.4) is 0 Å². The Bertz CT molecular complexity index is 640. The van der Waals surface area contributed by atoms with Gasteiger partial charge in [-0.1, -0.05) is 38.8 Å². The van der Waals surface area contributed by atoms with Gasteiger partial charge in [-0.05, 0) is 111 Å². The molecule has 0 N–H and O–H groups in total. The van der Waals surface area contributed by atoms with Crippen molar-refractivity contribution >= 4 is 5.97 Å². The first-order valence-corrected chi connectivity index (χ1v) is 12.4. The zero-order valence-corrected chi connectivity index (χ0v) is 18.6. The fourth-order valence-electron chi connectivity index (χ4n) is 6.14. The van der Waals surface area contributed by atoms with Crippen LogP contribution in [0.5, 0.6) is 0 Å². The molecule has 29 heavy (non-hydrogen) atoms. The average Bonchev–Trinajstić information content (AvgIpc) is 2.76. The highest BCUT2D eigenvalue weighted by Gasteiger charge is 2.30. The van der Waals surface area contributed by atoms with Gasteiger partial charge in [0.15, 0.2) is 0 Å². The maximum Gasteiger partial charge on any atom is 0.338 e. The van der Waals surface area contributed by atoms with Crippen molar-refractivity contribution in [3.63, 3.8) is 0 Å². The van der Waals surface area contributed by atoms with E-state index >= 15 is 0 Å². The first kappa shape index (κ1) is 20.9. The topological polar surface area (TPSA) is 26.3 Å². The molecule has 0 saturated heterocycles. The molecule has 3 saturated carbocycles. The molecule has 2 nitrogen and oxygen atoms in total. The Morgan fingerprint density at radius 1 is 0.690 bits per heavy atom. The number of carbonyl (C=O) groups excluding carboxylic acids is 1. The molecule has 0 aromatic heterocycles. The van der Waals surface area contributed by atoms with E-state index < -0.39 is 0 Å². The van der Waals surface area contributed by atoms with Gasteiger partial charge in [-0.25, -0.2) is 4.79 Å². The lowest BCUT2D eigenvalue weighted by atomic mass is 9.68. The predicted molar refractivity (Wildman–Crippen MR) is 119 cm³/mol. The van der Waals surface area contributed by atoms with Crippen molar-refractivity contribution in [2.45, 2.75) is 103 Å². The third-order valence-electron chi connectivity index (χ3n) is 8.35. The third-order valence-corrected chi connectivity index (χ3v) is 8.35. The van der Waals surface area contributed by atoms with Gasteiger partial charge in [0.05, 0.1) is 5.56 Å². The van der Waals surface area contributed by atoms with E-state index in [4.69, 9.17) is 4.74 Å². The molecule has 0 atom stereocenters. The van der Waals surface area contributed by atoms with E-state index in [2.05, 4.69) is 26.0 Å². The van der Waals surface area contributed by atoms with Crippen LogP contribution in [-0.4, -0.2) is 12.1 Å². The van der Waals surface area contributed by atoms with Gasteiger partial charge in [-0.3, -0.25) is 0 Å². The molecule has 0 amide bonds. The molecule has 4 rings (SSSR count). The average molecular weight is 397 g/mol. The van der Waals surface area contributed by atoms with Crippen molar-refractivity contribution in [2.75, 3.05) is 0 Å². The summed E-state index contributed by atoms with van der Waals surface area (Å²) < 4.78 is 5.76. The Labute approximate surface area is 177 Å². The molecule has 0 radical (unpaired) electrons. The number of hydrogen-bond donors (Lipinski definition) is 0. The molecular formula is C27H40O2. The number of ether oxygens (including phenoxy) is 1. The maximum atomic E-state index is 12.5. The van der Waals surface area contributed by atoms with Crippen molar-refractivity contribution in [3.05, 3.63) is 35.4 Å². The van der Waals surface area contributed by atoms with Gasteiger partial charge in [0.25, 0.3) is 0 Å². The van der Waals surface area contributed by atoms with Crippen LogP contribution in [-0.2, 0) is 4.74 Å². The summed E-state index contributed by atoms with van der Waals surface area (Å²) in [6.07, 6.45) is 15.8. The van der Waals surface area contributed by atoms with Gasteiger partial charge in [-0.15, -0.1) is 0 Å². The Balaban J connectivity index is 1.26. The van der Waals surface area contributed by atoms with E-state index in [1.807, 2.05) is 12.1 Å². The minimum Gasteiger partial charge on any atom is -0.459 e. The van der Waals surface area contributed by atoms with Crippen LogP contribution in [0, 0.1) is 23.7 Å². The largest absolute Gasteiger partial charge is 0.459 e. The van der Waals surface area contributed by atoms with Crippen LogP contribution >= 0.6 is 0 Å². The van der Waals surface area contributed by atoms with Crippen molar-refractivity contribution in [1.29, 1.82) is 0 Å². The standard InChI is InChI=1S/C27H40O2/c1-19-3-7-21(8-4-19)22-9-11-23(12-10-22)24-13-15-25(16-14-24)27(28)29-26-17-5-20(2)6-18-26/h13-16,19-23,26H,3-12,17-18H2,1-2H3. The van der Waals surface area contributed by atoms with Crippen LogP contribution in [0.2, 0.25) is 0 Å². The molecular weight excluding hydrogens is 356 g/mol. The van der Waals surface area contributed by atoms with E-state index in [0.717, 1.165) is 42.1 Å². The highest BCUT2D eigenvalue weighted by molar-refractivity contribution is 5.89. The number of benzene rings is 1. The summed E-state index contributed by atoms with van der Waals surface area (Å²) in [7, 11) is 0. The van der Waals surface area contributed by atoms with Crippen LogP contribution in [0.15, 0.2) is 24.3 Å². The molecule has 0 heterocycles. The second-order valence-corrected chi connectivity index (χ2v) is 10.5. The van der Waals surface area contributed by atoms with Crippen LogP contribution in [0.25, 0.3) is 0 Å². The smallest absolute Gasteiger partial charge is 0.338 e. The lowest BCUT2D eigenvalue weighted by Crippen LogP contribution is -2.25. The van der Waals surface area contributed by atoms with Gasteiger partial charge in [-0.2, -0.15) is 0 Å². The first-order valence-electron chi connectivity index (χ1n) is 12.4. The van der Waals surface area contributed by atoms with Crippen molar-refractivity contribution in [1.82, 2.24) is 0 Å². The van der Waals surface area contributed by atoms with Gasteiger partial charge in [0.2, 0.25) is 0 Å². The molecule has 0 aliphatic heterocycles. The first-order chi connectivity index (χ1) is 14.1.